The molecule has 0 aliphatic carbocycles. The minimum atomic E-state index is -1.16. The summed E-state index contributed by atoms with van der Waals surface area (Å²) in [7, 11) is 0. The molecule has 8 nitrogen and oxygen atoms in total. The molecular weight excluding hydrogens is 495 g/mol. The number of carboxylic acids is 1. The van der Waals surface area contributed by atoms with Crippen LogP contribution in [0.25, 0.3) is 0 Å². The van der Waals surface area contributed by atoms with E-state index in [0.29, 0.717) is 35.8 Å². The van der Waals surface area contributed by atoms with Crippen LogP contribution in [0.3, 0.4) is 0 Å². The Balaban J connectivity index is 1.66. The Labute approximate surface area is 212 Å². The van der Waals surface area contributed by atoms with Gasteiger partial charge in [-0.05, 0) is 48.4 Å². The molecule has 0 aliphatic heterocycles. The smallest absolute Gasteiger partial charge is 0.341 e. The van der Waals surface area contributed by atoms with Crippen molar-refractivity contribution in [3.05, 3.63) is 87.4 Å². The molecule has 0 aromatic heterocycles. The predicted molar refractivity (Wildman–Crippen MR) is 133 cm³/mol. The van der Waals surface area contributed by atoms with Crippen molar-refractivity contribution in [1.82, 2.24) is 5.43 Å². The van der Waals surface area contributed by atoms with Crippen LogP contribution in [0.4, 0.5) is 0 Å². The maximum atomic E-state index is 12.6. The summed E-state index contributed by atoms with van der Waals surface area (Å²) in [6.45, 7) is 2.02. The number of carboxylic acid groups (broad SMARTS) is 1. The molecule has 3 rings (SSSR count). The highest BCUT2D eigenvalue weighted by atomic mass is 35.5. The van der Waals surface area contributed by atoms with E-state index < -0.39 is 18.5 Å². The minimum Gasteiger partial charge on any atom is -0.490 e. The molecule has 0 saturated carbocycles. The zero-order valence-corrected chi connectivity index (χ0v) is 20.2. The average Bonchev–Trinajstić information content (AvgIpc) is 2.83. The van der Waals surface area contributed by atoms with Crippen LogP contribution in [0.15, 0.2) is 65.8 Å². The van der Waals surface area contributed by atoms with Crippen molar-refractivity contribution in [3.8, 4) is 17.2 Å². The van der Waals surface area contributed by atoms with Crippen molar-refractivity contribution < 1.29 is 28.9 Å². The fourth-order valence-electron chi connectivity index (χ4n) is 2.93. The van der Waals surface area contributed by atoms with E-state index in [1.807, 2.05) is 37.3 Å². The number of benzene rings is 3. The van der Waals surface area contributed by atoms with E-state index in [-0.39, 0.29) is 15.8 Å². The Morgan fingerprint density at radius 1 is 0.971 bits per heavy atom. The summed E-state index contributed by atoms with van der Waals surface area (Å²) in [6, 6.07) is 17.5. The highest BCUT2D eigenvalue weighted by Crippen LogP contribution is 2.34. The van der Waals surface area contributed by atoms with E-state index in [0.717, 1.165) is 5.56 Å². The average molecular weight is 517 g/mol. The van der Waals surface area contributed by atoms with Crippen LogP contribution in [0, 0.1) is 0 Å². The normalized spacial score (nSPS) is 10.7. The van der Waals surface area contributed by atoms with E-state index in [9.17, 15) is 9.59 Å². The number of carbonyl (C=O) groups excluding carboxylic acids is 1. The zero-order valence-electron chi connectivity index (χ0n) is 18.7. The lowest BCUT2D eigenvalue weighted by atomic mass is 10.2. The van der Waals surface area contributed by atoms with Crippen LogP contribution >= 0.6 is 23.2 Å². The number of amides is 1. The molecule has 0 fully saturated rings. The van der Waals surface area contributed by atoms with Crippen LogP contribution in [0.1, 0.15) is 28.4 Å². The molecule has 0 spiro atoms. The minimum absolute atomic E-state index is 0.0509. The Morgan fingerprint density at radius 2 is 1.69 bits per heavy atom. The molecule has 0 unspecified atom stereocenters. The molecule has 2 N–H and O–H groups in total. The predicted octanol–water partition coefficient (Wildman–Crippen LogP) is 5.20. The zero-order chi connectivity index (χ0) is 25.2. The van der Waals surface area contributed by atoms with E-state index in [2.05, 4.69) is 10.5 Å². The molecule has 0 saturated heterocycles. The molecule has 3 aromatic rings. The number of hydrogen-bond acceptors (Lipinski definition) is 6. The topological polar surface area (TPSA) is 106 Å². The van der Waals surface area contributed by atoms with Gasteiger partial charge in [-0.15, -0.1) is 0 Å². The van der Waals surface area contributed by atoms with Crippen molar-refractivity contribution >= 4 is 41.3 Å². The first-order chi connectivity index (χ1) is 16.9. The van der Waals surface area contributed by atoms with Gasteiger partial charge in [-0.2, -0.15) is 5.10 Å². The van der Waals surface area contributed by atoms with Crippen LogP contribution in [0.2, 0.25) is 10.0 Å². The number of aliphatic carboxylic acids is 1. The number of hydrogen-bond donors (Lipinski definition) is 2. The highest BCUT2D eigenvalue weighted by Gasteiger charge is 2.13. The van der Waals surface area contributed by atoms with Crippen molar-refractivity contribution in [2.24, 2.45) is 5.10 Å². The van der Waals surface area contributed by atoms with Gasteiger partial charge in [-0.3, -0.25) is 4.79 Å². The second-order valence-electron chi connectivity index (χ2n) is 7.06. The van der Waals surface area contributed by atoms with Crippen LogP contribution < -0.4 is 19.6 Å². The van der Waals surface area contributed by atoms with Crippen molar-refractivity contribution in [1.29, 1.82) is 0 Å². The Hall–Kier alpha value is -3.75. The van der Waals surface area contributed by atoms with Gasteiger partial charge < -0.3 is 19.3 Å². The maximum absolute atomic E-state index is 12.6. The summed E-state index contributed by atoms with van der Waals surface area (Å²) in [5, 5.41) is 12.9. The fraction of sp³-hybridized carbons (Fsp3) is 0.160. The SMILES string of the molecule is CCOc1cc(C(=O)N/N=C/c2cc(Cl)c(OCC(=O)O)c(Cl)c2)ccc1OCc1ccccc1. The van der Waals surface area contributed by atoms with Gasteiger partial charge in [0.05, 0.1) is 22.9 Å². The van der Waals surface area contributed by atoms with Gasteiger partial charge in [0, 0.05) is 5.56 Å². The van der Waals surface area contributed by atoms with Crippen LogP contribution in [-0.2, 0) is 11.4 Å². The van der Waals surface area contributed by atoms with Crippen LogP contribution in [-0.4, -0.2) is 36.4 Å². The van der Waals surface area contributed by atoms with Crippen molar-refractivity contribution in [2.45, 2.75) is 13.5 Å². The first kappa shape index (κ1) is 25.9. The second kappa shape index (κ2) is 12.6. The van der Waals surface area contributed by atoms with Crippen LogP contribution in [0.5, 0.6) is 17.2 Å². The summed E-state index contributed by atoms with van der Waals surface area (Å²) >= 11 is 12.2. The summed E-state index contributed by atoms with van der Waals surface area (Å²) < 4.78 is 16.6. The molecule has 0 aliphatic rings. The fourth-order valence-corrected chi connectivity index (χ4v) is 3.54. The lowest BCUT2D eigenvalue weighted by Crippen LogP contribution is -2.17. The third kappa shape index (κ3) is 7.63. The van der Waals surface area contributed by atoms with E-state index in [1.54, 1.807) is 18.2 Å². The third-order valence-corrected chi connectivity index (χ3v) is 5.04. The van der Waals surface area contributed by atoms with Gasteiger partial charge in [0.25, 0.3) is 5.91 Å². The Bertz CT molecular complexity index is 1190. The summed E-state index contributed by atoms with van der Waals surface area (Å²) in [5.74, 6) is -0.611. The molecule has 0 radical (unpaired) electrons. The Kier molecular flexibility index (Phi) is 9.34. The monoisotopic (exact) mass is 516 g/mol. The molecule has 35 heavy (non-hydrogen) atoms. The molecule has 182 valence electrons. The van der Waals surface area contributed by atoms with Crippen molar-refractivity contribution in [3.63, 3.8) is 0 Å². The number of ether oxygens (including phenoxy) is 3. The van der Waals surface area contributed by atoms with Gasteiger partial charge in [-0.1, -0.05) is 53.5 Å². The lowest BCUT2D eigenvalue weighted by Gasteiger charge is -2.13. The van der Waals surface area contributed by atoms with Gasteiger partial charge in [-0.25, -0.2) is 10.2 Å². The van der Waals surface area contributed by atoms with E-state index in [4.69, 9.17) is 42.5 Å². The number of carbonyl (C=O) groups is 2. The maximum Gasteiger partial charge on any atom is 0.341 e. The first-order valence-corrected chi connectivity index (χ1v) is 11.2. The van der Waals surface area contributed by atoms with Gasteiger partial charge >= 0.3 is 5.97 Å². The van der Waals surface area contributed by atoms with E-state index in [1.165, 1.54) is 18.3 Å². The van der Waals surface area contributed by atoms with Crippen molar-refractivity contribution in [2.75, 3.05) is 13.2 Å². The molecule has 3 aromatic carbocycles. The summed E-state index contributed by atoms with van der Waals surface area (Å²) in [5.41, 5.74) is 4.23. The largest absolute Gasteiger partial charge is 0.490 e. The quantitative estimate of drug-likeness (QED) is 0.268. The number of rotatable bonds is 11. The van der Waals surface area contributed by atoms with Gasteiger partial charge in [0.2, 0.25) is 0 Å². The summed E-state index contributed by atoms with van der Waals surface area (Å²) in [4.78, 5) is 23.2. The van der Waals surface area contributed by atoms with E-state index >= 15 is 0 Å². The Morgan fingerprint density at radius 3 is 2.34 bits per heavy atom. The molecule has 1 amide bonds. The molecule has 0 atom stereocenters. The molecule has 10 heteroatoms. The molecule has 0 bridgehead atoms. The first-order valence-electron chi connectivity index (χ1n) is 10.5. The third-order valence-electron chi connectivity index (χ3n) is 4.48. The number of hydrazone groups is 1. The summed E-state index contributed by atoms with van der Waals surface area (Å²) in [6.07, 6.45) is 1.34. The standard InChI is InChI=1S/C25H22Cl2N2O6/c1-2-33-22-12-18(8-9-21(22)34-14-16-6-4-3-5-7-16)25(32)29-28-13-17-10-19(26)24(20(27)11-17)35-15-23(30)31/h3-13H,2,14-15H2,1H3,(H,29,32)(H,30,31)/b28-13+. The molecular formula is C25H22Cl2N2O6. The van der Waals surface area contributed by atoms with Gasteiger partial charge in [0.1, 0.15) is 6.61 Å². The van der Waals surface area contributed by atoms with Gasteiger partial charge in [0.15, 0.2) is 23.9 Å². The number of halogens is 2. The highest BCUT2D eigenvalue weighted by molar-refractivity contribution is 6.37. The number of nitrogens with one attached hydrogen (secondary N) is 1. The lowest BCUT2D eigenvalue weighted by molar-refractivity contribution is -0.139. The second-order valence-corrected chi connectivity index (χ2v) is 7.88. The number of nitrogens with zero attached hydrogens (tertiary/aromatic N) is 1. The molecule has 0 heterocycles.